The van der Waals surface area contributed by atoms with E-state index in [1.165, 1.54) is 12.1 Å². The van der Waals surface area contributed by atoms with E-state index in [1.54, 1.807) is 45.9 Å². The zero-order valence-electron chi connectivity index (χ0n) is 19.5. The largest absolute Gasteiger partial charge is 0.444 e. The lowest BCUT2D eigenvalue weighted by atomic mass is 10.1. The Kier molecular flexibility index (Phi) is 11.8. The number of sulfone groups is 1. The molecule has 0 radical (unpaired) electrons. The summed E-state index contributed by atoms with van der Waals surface area (Å²) in [5, 5.41) is 2.66. The van der Waals surface area contributed by atoms with E-state index in [0.29, 0.717) is 6.61 Å². The second-order valence-electron chi connectivity index (χ2n) is 8.17. The predicted molar refractivity (Wildman–Crippen MR) is 119 cm³/mol. The first kappa shape index (κ1) is 28.0. The van der Waals surface area contributed by atoms with Gasteiger partial charge in [-0.15, -0.1) is 0 Å². The van der Waals surface area contributed by atoms with E-state index in [4.69, 9.17) is 18.9 Å². The Morgan fingerprint density at radius 2 is 1.75 bits per heavy atom. The number of nitrogens with one attached hydrogen (secondary N) is 1. The molecule has 0 aromatic heterocycles. The van der Waals surface area contributed by atoms with Crippen LogP contribution < -0.4 is 5.32 Å². The summed E-state index contributed by atoms with van der Waals surface area (Å²) < 4.78 is 46.0. The highest BCUT2D eigenvalue weighted by Gasteiger charge is 2.23. The third-order valence-electron chi connectivity index (χ3n) is 4.05. The van der Waals surface area contributed by atoms with E-state index in [0.717, 1.165) is 0 Å². The molecule has 0 fully saturated rings. The van der Waals surface area contributed by atoms with Crippen LogP contribution in [0.1, 0.15) is 47.5 Å². The Morgan fingerprint density at radius 1 is 1.09 bits per heavy atom. The van der Waals surface area contributed by atoms with Crippen LogP contribution >= 0.6 is 0 Å². The quantitative estimate of drug-likeness (QED) is 0.324. The monoisotopic (exact) mass is 473 g/mol. The van der Waals surface area contributed by atoms with Crippen LogP contribution in [0.2, 0.25) is 0 Å². The Hall–Kier alpha value is -2.01. The van der Waals surface area contributed by atoms with Gasteiger partial charge in [0.25, 0.3) is 0 Å². The zero-order chi connectivity index (χ0) is 24.2. The van der Waals surface area contributed by atoms with Crippen molar-refractivity contribution in [2.24, 2.45) is 0 Å². The first-order chi connectivity index (χ1) is 14.9. The summed E-state index contributed by atoms with van der Waals surface area (Å²) in [6, 6.07) is 7.24. The molecule has 2 atom stereocenters. The number of amides is 1. The zero-order valence-corrected chi connectivity index (χ0v) is 20.3. The molecule has 1 amide bonds. The average molecular weight is 474 g/mol. The third kappa shape index (κ3) is 12.1. The maximum Gasteiger partial charge on any atom is 0.407 e. The van der Waals surface area contributed by atoms with Gasteiger partial charge in [-0.3, -0.25) is 4.79 Å². The van der Waals surface area contributed by atoms with Gasteiger partial charge in [0.05, 0.1) is 17.5 Å². The Morgan fingerprint density at radius 3 is 2.34 bits per heavy atom. The number of hydrogen-bond acceptors (Lipinski definition) is 8. The van der Waals surface area contributed by atoms with Crippen molar-refractivity contribution in [2.75, 3.05) is 25.8 Å². The summed E-state index contributed by atoms with van der Waals surface area (Å²) >= 11 is 0. The van der Waals surface area contributed by atoms with Crippen molar-refractivity contribution in [3.05, 3.63) is 30.3 Å². The molecule has 0 bridgehead atoms. The minimum absolute atomic E-state index is 0.0495. The van der Waals surface area contributed by atoms with E-state index < -0.39 is 45.4 Å². The van der Waals surface area contributed by atoms with Crippen LogP contribution in [-0.2, 0) is 33.6 Å². The van der Waals surface area contributed by atoms with Gasteiger partial charge in [0.2, 0.25) is 0 Å². The standard InChI is InChI=1S/C22H35NO8S/c1-6-29-17(2)30-16-28-14-18(23-21(25)31-22(3,4)5)12-13-19(24)15-32(26,27)20-10-8-7-9-11-20/h7-11,17-18H,6,12-16H2,1-5H3,(H,23,25)/t17?,18-/m0/s1. The molecule has 0 aliphatic carbocycles. The maximum absolute atomic E-state index is 12.4. The van der Waals surface area contributed by atoms with Crippen molar-refractivity contribution in [3.63, 3.8) is 0 Å². The molecule has 1 aromatic carbocycles. The van der Waals surface area contributed by atoms with Gasteiger partial charge in [-0.05, 0) is 53.2 Å². The maximum atomic E-state index is 12.4. The summed E-state index contributed by atoms with van der Waals surface area (Å²) in [5.74, 6) is -1.06. The lowest BCUT2D eigenvalue weighted by Gasteiger charge is -2.24. The van der Waals surface area contributed by atoms with Gasteiger partial charge in [0.1, 0.15) is 23.9 Å². The van der Waals surface area contributed by atoms with Crippen molar-refractivity contribution < 1.29 is 37.0 Å². The molecular formula is C22H35NO8S. The highest BCUT2D eigenvalue weighted by atomic mass is 32.2. The van der Waals surface area contributed by atoms with E-state index in [9.17, 15) is 18.0 Å². The number of hydrogen-bond donors (Lipinski definition) is 1. The predicted octanol–water partition coefficient (Wildman–Crippen LogP) is 3.08. The highest BCUT2D eigenvalue weighted by Crippen LogP contribution is 2.12. The Bertz CT molecular complexity index is 805. The van der Waals surface area contributed by atoms with Crippen LogP contribution in [0, 0.1) is 0 Å². The lowest BCUT2D eigenvalue weighted by molar-refractivity contribution is -0.185. The molecule has 182 valence electrons. The Balaban J connectivity index is 2.62. The smallest absolute Gasteiger partial charge is 0.407 e. The van der Waals surface area contributed by atoms with Crippen molar-refractivity contribution in [1.29, 1.82) is 0 Å². The molecule has 0 aliphatic rings. The molecule has 0 heterocycles. The molecule has 0 saturated carbocycles. The number of Topliss-reactive ketones (excluding diaryl/α,β-unsaturated/α-hetero) is 1. The number of rotatable bonds is 14. The van der Waals surface area contributed by atoms with Crippen LogP contribution in [0.15, 0.2) is 35.2 Å². The minimum Gasteiger partial charge on any atom is -0.444 e. The van der Waals surface area contributed by atoms with E-state index in [-0.39, 0.29) is 31.1 Å². The van der Waals surface area contributed by atoms with Gasteiger partial charge in [0.15, 0.2) is 16.1 Å². The van der Waals surface area contributed by atoms with Gasteiger partial charge >= 0.3 is 6.09 Å². The number of benzene rings is 1. The van der Waals surface area contributed by atoms with E-state index in [2.05, 4.69) is 5.32 Å². The van der Waals surface area contributed by atoms with E-state index >= 15 is 0 Å². The number of ketones is 1. The van der Waals surface area contributed by atoms with Gasteiger partial charge in [0, 0.05) is 13.0 Å². The van der Waals surface area contributed by atoms with E-state index in [1.807, 2.05) is 6.92 Å². The second-order valence-corrected chi connectivity index (χ2v) is 10.2. The van der Waals surface area contributed by atoms with Crippen LogP contribution in [0.3, 0.4) is 0 Å². The molecule has 0 saturated heterocycles. The summed E-state index contributed by atoms with van der Waals surface area (Å²) in [6.07, 6.45) is -0.962. The molecule has 9 nitrogen and oxygen atoms in total. The average Bonchev–Trinajstić information content (AvgIpc) is 2.68. The molecule has 0 aliphatic heterocycles. The fourth-order valence-corrected chi connectivity index (χ4v) is 3.93. The lowest BCUT2D eigenvalue weighted by Crippen LogP contribution is -2.42. The highest BCUT2D eigenvalue weighted by molar-refractivity contribution is 7.92. The number of carbonyl (C=O) groups is 2. The van der Waals surface area contributed by atoms with Crippen molar-refractivity contribution >= 4 is 21.7 Å². The Labute approximate surface area is 190 Å². The SMILES string of the molecule is CCOC(C)OCOC[C@H](CCC(=O)CS(=O)(=O)c1ccccc1)NC(=O)OC(C)(C)C. The summed E-state index contributed by atoms with van der Waals surface area (Å²) in [5.41, 5.74) is -0.689. The third-order valence-corrected chi connectivity index (χ3v) is 5.74. The van der Waals surface area contributed by atoms with Crippen LogP contribution in [-0.4, -0.2) is 64.0 Å². The molecule has 1 N–H and O–H groups in total. The van der Waals surface area contributed by atoms with Gasteiger partial charge < -0.3 is 24.3 Å². The topological polar surface area (TPSA) is 117 Å². The van der Waals surface area contributed by atoms with Gasteiger partial charge in [-0.25, -0.2) is 13.2 Å². The first-order valence-electron chi connectivity index (χ1n) is 10.5. The van der Waals surface area contributed by atoms with Crippen LogP contribution in [0.25, 0.3) is 0 Å². The fraction of sp³-hybridized carbons (Fsp3) is 0.636. The molecule has 10 heteroatoms. The normalized spacial score (nSPS) is 13.9. The fourth-order valence-electron chi connectivity index (χ4n) is 2.62. The molecule has 1 aromatic rings. The van der Waals surface area contributed by atoms with Gasteiger partial charge in [-0.2, -0.15) is 0 Å². The van der Waals surface area contributed by atoms with Crippen LogP contribution in [0.4, 0.5) is 4.79 Å². The summed E-state index contributed by atoms with van der Waals surface area (Å²) in [7, 11) is -3.72. The van der Waals surface area contributed by atoms with Crippen molar-refractivity contribution in [1.82, 2.24) is 5.32 Å². The summed E-state index contributed by atoms with van der Waals surface area (Å²) in [4.78, 5) is 24.6. The molecule has 1 rings (SSSR count). The number of ether oxygens (including phenoxy) is 4. The minimum atomic E-state index is -3.72. The second kappa shape index (κ2) is 13.5. The van der Waals surface area contributed by atoms with Crippen molar-refractivity contribution in [2.45, 2.75) is 70.3 Å². The molecule has 1 unspecified atom stereocenters. The number of carbonyl (C=O) groups excluding carboxylic acids is 2. The summed E-state index contributed by atoms with van der Waals surface area (Å²) in [6.45, 7) is 9.27. The van der Waals surface area contributed by atoms with Crippen molar-refractivity contribution in [3.8, 4) is 0 Å². The first-order valence-corrected chi connectivity index (χ1v) is 12.2. The van der Waals surface area contributed by atoms with Gasteiger partial charge in [-0.1, -0.05) is 18.2 Å². The molecular weight excluding hydrogens is 438 g/mol. The number of alkyl carbamates (subject to hydrolysis) is 1. The van der Waals surface area contributed by atoms with Crippen LogP contribution in [0.5, 0.6) is 0 Å². The molecule has 0 spiro atoms. The molecule has 32 heavy (non-hydrogen) atoms.